The van der Waals surface area contributed by atoms with Gasteiger partial charge in [-0.05, 0) is 38.5 Å². The maximum atomic E-state index is 9.84. The lowest BCUT2D eigenvalue weighted by Gasteiger charge is -2.02. The first kappa shape index (κ1) is 16.9. The molecule has 0 aliphatic carbocycles. The zero-order valence-corrected chi connectivity index (χ0v) is 11.7. The van der Waals surface area contributed by atoms with Crippen LogP contribution in [0.15, 0.2) is 24.3 Å². The van der Waals surface area contributed by atoms with Crippen molar-refractivity contribution in [2.45, 2.75) is 26.9 Å². The minimum absolute atomic E-state index is 0.590. The normalized spacial score (nSPS) is 12.3. The van der Waals surface area contributed by atoms with Crippen LogP contribution in [0.25, 0.3) is 0 Å². The van der Waals surface area contributed by atoms with Crippen molar-refractivity contribution in [2.24, 2.45) is 0 Å². The van der Waals surface area contributed by atoms with Crippen LogP contribution in [0.1, 0.15) is 19.4 Å². The third-order valence-corrected chi connectivity index (χ3v) is 2.75. The van der Waals surface area contributed by atoms with E-state index in [2.05, 4.69) is 43.4 Å². The molecule has 0 fully saturated rings. The number of aliphatic hydroxyl groups excluding tert-OH is 1. The number of benzene rings is 1. The second-order valence-electron chi connectivity index (χ2n) is 4.00. The van der Waals surface area contributed by atoms with E-state index in [0.717, 1.165) is 6.54 Å². The Balaban J connectivity index is 0.000000331. The summed E-state index contributed by atoms with van der Waals surface area (Å²) < 4.78 is 27.7. The summed E-state index contributed by atoms with van der Waals surface area (Å²) in [5.41, 5.74) is 2.51. The summed E-state index contributed by atoms with van der Waals surface area (Å²) in [4.78, 5) is 0. The van der Waals surface area contributed by atoms with Crippen LogP contribution in [0.2, 0.25) is 0 Å². The highest BCUT2D eigenvalue weighted by Crippen LogP contribution is 2.08. The van der Waals surface area contributed by atoms with Gasteiger partial charge in [0.05, 0.1) is 6.10 Å². The van der Waals surface area contributed by atoms with Gasteiger partial charge in [0, 0.05) is 12.2 Å². The highest BCUT2D eigenvalue weighted by molar-refractivity contribution is 7.85. The van der Waals surface area contributed by atoms with E-state index in [-0.39, 0.29) is 0 Å². The smallest absolute Gasteiger partial charge is 0.267 e. The Morgan fingerprint density at radius 2 is 2.00 bits per heavy atom. The van der Waals surface area contributed by atoms with E-state index in [0.29, 0.717) is 0 Å². The van der Waals surface area contributed by atoms with Crippen LogP contribution in [0.4, 0.5) is 5.69 Å². The summed E-state index contributed by atoms with van der Waals surface area (Å²) in [6.45, 7) is 6.47. The zero-order valence-electron chi connectivity index (χ0n) is 10.9. The molecule has 0 aromatic heterocycles. The Hall–Kier alpha value is -1.11. The molecule has 1 aromatic carbocycles. The van der Waals surface area contributed by atoms with Gasteiger partial charge in [0.2, 0.25) is 0 Å². The molecule has 0 spiro atoms. The van der Waals surface area contributed by atoms with Crippen LogP contribution in [-0.4, -0.2) is 36.5 Å². The molecule has 0 saturated heterocycles. The number of aryl methyl sites for hydroxylation is 1. The van der Waals surface area contributed by atoms with E-state index in [1.807, 2.05) is 0 Å². The Kier molecular flexibility index (Phi) is 7.58. The molecule has 0 amide bonds. The fraction of sp³-hybridized carbons (Fsp3) is 0.500. The second-order valence-corrected chi connectivity index (χ2v) is 5.49. The summed E-state index contributed by atoms with van der Waals surface area (Å²) >= 11 is 0. The second kappa shape index (κ2) is 8.07. The van der Waals surface area contributed by atoms with Crippen molar-refractivity contribution in [3.05, 3.63) is 29.8 Å². The molecule has 1 unspecified atom stereocenters. The van der Waals surface area contributed by atoms with Gasteiger partial charge in [0.15, 0.2) is 0 Å². The van der Waals surface area contributed by atoms with Gasteiger partial charge in [-0.3, -0.25) is 4.55 Å². The average Bonchev–Trinajstić information content (AvgIpc) is 2.14. The van der Waals surface area contributed by atoms with Crippen molar-refractivity contribution >= 4 is 15.8 Å². The van der Waals surface area contributed by atoms with E-state index in [1.54, 1.807) is 0 Å². The first-order chi connectivity index (χ1) is 8.24. The van der Waals surface area contributed by atoms with Gasteiger partial charge in [-0.15, -0.1) is 0 Å². The molecule has 0 saturated carbocycles. The number of hydrogen-bond acceptors (Lipinski definition) is 4. The molecule has 0 bridgehead atoms. The fourth-order valence-corrected chi connectivity index (χ4v) is 1.87. The third kappa shape index (κ3) is 10.1. The van der Waals surface area contributed by atoms with Crippen LogP contribution in [-0.2, 0) is 10.1 Å². The van der Waals surface area contributed by atoms with Gasteiger partial charge in [-0.1, -0.05) is 12.1 Å². The maximum Gasteiger partial charge on any atom is 0.267 e. The predicted octanol–water partition coefficient (Wildman–Crippen LogP) is 1.68. The van der Waals surface area contributed by atoms with Crippen LogP contribution in [0, 0.1) is 6.92 Å². The first-order valence-electron chi connectivity index (χ1n) is 5.68. The molecule has 0 heterocycles. The van der Waals surface area contributed by atoms with E-state index >= 15 is 0 Å². The summed E-state index contributed by atoms with van der Waals surface area (Å²) in [6.07, 6.45) is -0.995. The highest BCUT2D eigenvalue weighted by atomic mass is 32.2. The van der Waals surface area contributed by atoms with Crippen molar-refractivity contribution in [3.8, 4) is 0 Å². The first-order valence-corrected chi connectivity index (χ1v) is 7.29. The topological polar surface area (TPSA) is 86.6 Å². The molecule has 1 atom stereocenters. The van der Waals surface area contributed by atoms with Crippen molar-refractivity contribution in [1.29, 1.82) is 0 Å². The minimum Gasteiger partial charge on any atom is -0.392 e. The summed E-state index contributed by atoms with van der Waals surface area (Å²) in [7, 11) is -3.97. The average molecular weight is 275 g/mol. The molecule has 104 valence electrons. The zero-order chi connectivity index (χ0) is 14.2. The quantitative estimate of drug-likeness (QED) is 0.728. The molecule has 1 aromatic rings. The monoisotopic (exact) mass is 275 g/mol. The van der Waals surface area contributed by atoms with Crippen LogP contribution in [0.5, 0.6) is 0 Å². The fourth-order valence-electron chi connectivity index (χ4n) is 1.26. The molecule has 5 nitrogen and oxygen atoms in total. The number of anilines is 1. The van der Waals surface area contributed by atoms with Gasteiger partial charge in [0.25, 0.3) is 10.1 Å². The SMILES string of the molecule is CC(O)CS(=O)(=O)O.CCNc1cccc(C)c1. The molecular weight excluding hydrogens is 254 g/mol. The van der Waals surface area contributed by atoms with Crippen LogP contribution >= 0.6 is 0 Å². The van der Waals surface area contributed by atoms with E-state index in [9.17, 15) is 8.42 Å². The van der Waals surface area contributed by atoms with Crippen molar-refractivity contribution in [2.75, 3.05) is 17.6 Å². The van der Waals surface area contributed by atoms with Gasteiger partial charge in [-0.2, -0.15) is 8.42 Å². The summed E-state index contributed by atoms with van der Waals surface area (Å²) in [5, 5.41) is 11.6. The molecule has 3 N–H and O–H groups in total. The van der Waals surface area contributed by atoms with E-state index in [1.165, 1.54) is 18.2 Å². The van der Waals surface area contributed by atoms with Crippen molar-refractivity contribution in [1.82, 2.24) is 0 Å². The van der Waals surface area contributed by atoms with Gasteiger partial charge in [0.1, 0.15) is 5.75 Å². The largest absolute Gasteiger partial charge is 0.392 e. The standard InChI is InChI=1S/C9H13N.C3H8O4S/c1-3-10-9-6-4-5-8(2)7-9;1-3(4)2-8(5,6)7/h4-7,10H,3H2,1-2H3;3-4H,2H2,1H3,(H,5,6,7). The van der Waals surface area contributed by atoms with Gasteiger partial charge in [-0.25, -0.2) is 0 Å². The molecule has 0 aliphatic rings. The Labute approximate surface area is 109 Å². The van der Waals surface area contributed by atoms with Gasteiger partial charge >= 0.3 is 0 Å². The molecule has 0 radical (unpaired) electrons. The molecule has 18 heavy (non-hydrogen) atoms. The van der Waals surface area contributed by atoms with Gasteiger partial charge < -0.3 is 10.4 Å². The van der Waals surface area contributed by atoms with Crippen molar-refractivity contribution in [3.63, 3.8) is 0 Å². The molecule has 6 heteroatoms. The lowest BCUT2D eigenvalue weighted by atomic mass is 10.2. The van der Waals surface area contributed by atoms with E-state index in [4.69, 9.17) is 9.66 Å². The molecule has 0 aliphatic heterocycles. The number of rotatable bonds is 4. The summed E-state index contributed by atoms with van der Waals surface area (Å²) in [5.74, 6) is -0.590. The lowest BCUT2D eigenvalue weighted by Crippen LogP contribution is -2.16. The van der Waals surface area contributed by atoms with Crippen molar-refractivity contribution < 1.29 is 18.1 Å². The maximum absolute atomic E-state index is 9.84. The Morgan fingerprint density at radius 1 is 1.39 bits per heavy atom. The van der Waals surface area contributed by atoms with E-state index < -0.39 is 22.0 Å². The van der Waals surface area contributed by atoms with Crippen LogP contribution in [0.3, 0.4) is 0 Å². The Morgan fingerprint density at radius 3 is 2.33 bits per heavy atom. The lowest BCUT2D eigenvalue weighted by molar-refractivity contribution is 0.215. The summed E-state index contributed by atoms with van der Waals surface area (Å²) in [6, 6.07) is 8.38. The van der Waals surface area contributed by atoms with Crippen LogP contribution < -0.4 is 5.32 Å². The third-order valence-electron chi connectivity index (χ3n) is 1.85. The Bertz CT molecular complexity index is 443. The number of nitrogens with one attached hydrogen (secondary N) is 1. The number of aliphatic hydroxyl groups is 1. The molecular formula is C12H21NO4S. The highest BCUT2D eigenvalue weighted by Gasteiger charge is 2.07. The predicted molar refractivity (Wildman–Crippen MR) is 73.4 cm³/mol. The molecule has 1 rings (SSSR count). The number of hydrogen-bond donors (Lipinski definition) is 3. The minimum atomic E-state index is -3.97.